The Morgan fingerprint density at radius 3 is 2.47 bits per heavy atom. The van der Waals surface area contributed by atoms with Gasteiger partial charge in [0, 0.05) is 12.6 Å². The van der Waals surface area contributed by atoms with Crippen LogP contribution in [0, 0.1) is 0 Å². The van der Waals surface area contributed by atoms with Gasteiger partial charge in [0.2, 0.25) is 0 Å². The third-order valence-corrected chi connectivity index (χ3v) is 2.93. The molecule has 3 nitrogen and oxygen atoms in total. The zero-order valence-electron chi connectivity index (χ0n) is 11.2. The molecule has 0 radical (unpaired) electrons. The van der Waals surface area contributed by atoms with Gasteiger partial charge in [-0.25, -0.2) is 0 Å². The van der Waals surface area contributed by atoms with E-state index >= 15 is 0 Å². The second-order valence-corrected chi connectivity index (χ2v) is 4.33. The fourth-order valence-electron chi connectivity index (χ4n) is 2.00. The van der Waals surface area contributed by atoms with E-state index in [9.17, 15) is 0 Å². The second kappa shape index (κ2) is 6.92. The summed E-state index contributed by atoms with van der Waals surface area (Å²) in [6.45, 7) is 3.54. The summed E-state index contributed by atoms with van der Waals surface area (Å²) in [4.78, 5) is 0. The third kappa shape index (κ3) is 3.81. The molecule has 3 N–H and O–H groups in total. The van der Waals surface area contributed by atoms with Crippen molar-refractivity contribution in [3.8, 4) is 11.5 Å². The number of hydrogen-bond acceptors (Lipinski definition) is 3. The number of nitrogens with two attached hydrogens (primary N) is 1. The maximum absolute atomic E-state index is 5.82. The zero-order chi connectivity index (χ0) is 13.5. The molecule has 1 atom stereocenters. The first-order valence-electron chi connectivity index (χ1n) is 6.59. The normalized spacial score (nSPS) is 12.1. The first-order chi connectivity index (χ1) is 9.33. The van der Waals surface area contributed by atoms with Gasteiger partial charge in [-0.1, -0.05) is 37.3 Å². The molecule has 100 valence electrons. The Morgan fingerprint density at radius 2 is 1.79 bits per heavy atom. The fraction of sp³-hybridized carbons (Fsp3) is 0.250. The molecular formula is C16H20N2O. The van der Waals surface area contributed by atoms with Gasteiger partial charge < -0.3 is 15.8 Å². The van der Waals surface area contributed by atoms with Crippen LogP contribution in [0.3, 0.4) is 0 Å². The van der Waals surface area contributed by atoms with Crippen molar-refractivity contribution in [2.24, 2.45) is 5.73 Å². The lowest BCUT2D eigenvalue weighted by atomic mass is 10.1. The highest BCUT2D eigenvalue weighted by molar-refractivity contribution is 5.35. The Morgan fingerprint density at radius 1 is 1.05 bits per heavy atom. The molecule has 0 aromatic heterocycles. The average Bonchev–Trinajstić information content (AvgIpc) is 2.46. The average molecular weight is 256 g/mol. The van der Waals surface area contributed by atoms with E-state index in [1.165, 1.54) is 0 Å². The Balaban J connectivity index is 2.15. The van der Waals surface area contributed by atoms with Crippen molar-refractivity contribution in [3.05, 3.63) is 60.2 Å². The van der Waals surface area contributed by atoms with Gasteiger partial charge in [0.05, 0.1) is 0 Å². The molecule has 0 heterocycles. The van der Waals surface area contributed by atoms with E-state index in [4.69, 9.17) is 10.5 Å². The molecule has 2 rings (SSSR count). The lowest BCUT2D eigenvalue weighted by molar-refractivity contribution is 0.479. The summed E-state index contributed by atoms with van der Waals surface area (Å²) in [5.74, 6) is 1.67. The lowest BCUT2D eigenvalue weighted by Crippen LogP contribution is -2.27. The summed E-state index contributed by atoms with van der Waals surface area (Å²) < 4.78 is 5.82. The van der Waals surface area contributed by atoms with E-state index in [-0.39, 0.29) is 6.04 Å². The smallest absolute Gasteiger partial charge is 0.127 e. The maximum atomic E-state index is 5.82. The van der Waals surface area contributed by atoms with Gasteiger partial charge in [-0.15, -0.1) is 0 Å². The van der Waals surface area contributed by atoms with Crippen molar-refractivity contribution in [1.29, 1.82) is 0 Å². The maximum Gasteiger partial charge on any atom is 0.127 e. The van der Waals surface area contributed by atoms with Crippen LogP contribution in [0.5, 0.6) is 11.5 Å². The molecule has 0 aliphatic heterocycles. The van der Waals surface area contributed by atoms with Crippen LogP contribution < -0.4 is 15.8 Å². The third-order valence-electron chi connectivity index (χ3n) is 2.93. The van der Waals surface area contributed by atoms with Gasteiger partial charge >= 0.3 is 0 Å². The van der Waals surface area contributed by atoms with Crippen LogP contribution >= 0.6 is 0 Å². The van der Waals surface area contributed by atoms with Crippen LogP contribution in [-0.2, 0) is 0 Å². The van der Waals surface area contributed by atoms with E-state index in [2.05, 4.69) is 18.3 Å². The summed E-state index contributed by atoms with van der Waals surface area (Å²) in [6.07, 6.45) is 0. The minimum Gasteiger partial charge on any atom is -0.457 e. The van der Waals surface area contributed by atoms with Crippen molar-refractivity contribution < 1.29 is 4.74 Å². The summed E-state index contributed by atoms with van der Waals surface area (Å²) >= 11 is 0. The molecule has 2 aromatic carbocycles. The molecule has 0 aliphatic rings. The highest BCUT2D eigenvalue weighted by atomic mass is 16.5. The number of nitrogens with one attached hydrogen (secondary N) is 1. The second-order valence-electron chi connectivity index (χ2n) is 4.33. The monoisotopic (exact) mass is 256 g/mol. The molecule has 3 heteroatoms. The Hall–Kier alpha value is -1.84. The van der Waals surface area contributed by atoms with E-state index < -0.39 is 0 Å². The largest absolute Gasteiger partial charge is 0.457 e. The van der Waals surface area contributed by atoms with E-state index in [1.54, 1.807) is 0 Å². The molecule has 2 aromatic rings. The lowest BCUT2D eigenvalue weighted by Gasteiger charge is -2.17. The molecule has 0 spiro atoms. The number of likely N-dealkylation sites (N-methyl/N-ethyl adjacent to an activating group) is 1. The molecular weight excluding hydrogens is 236 g/mol. The first-order valence-corrected chi connectivity index (χ1v) is 6.59. The Bertz CT molecular complexity index is 499. The van der Waals surface area contributed by atoms with Crippen LogP contribution in [0.1, 0.15) is 18.5 Å². The van der Waals surface area contributed by atoms with E-state index in [1.807, 2.05) is 48.5 Å². The van der Waals surface area contributed by atoms with Gasteiger partial charge in [-0.05, 0) is 36.4 Å². The minimum absolute atomic E-state index is 0.171. The number of ether oxygens (including phenoxy) is 1. The standard InChI is InChI=1S/C16H20N2O/c1-2-18-16(12-17)13-7-6-10-15(11-13)19-14-8-4-3-5-9-14/h3-11,16,18H,2,12,17H2,1H3. The van der Waals surface area contributed by atoms with Crippen LogP contribution in [0.2, 0.25) is 0 Å². The number of benzene rings is 2. The number of hydrogen-bond donors (Lipinski definition) is 2. The predicted octanol–water partition coefficient (Wildman–Crippen LogP) is 3.09. The van der Waals surface area contributed by atoms with E-state index in [0.29, 0.717) is 6.54 Å². The van der Waals surface area contributed by atoms with E-state index in [0.717, 1.165) is 23.6 Å². The zero-order valence-corrected chi connectivity index (χ0v) is 11.2. The highest BCUT2D eigenvalue weighted by Crippen LogP contribution is 2.24. The van der Waals surface area contributed by atoms with Crippen molar-refractivity contribution in [3.63, 3.8) is 0 Å². The van der Waals surface area contributed by atoms with Crippen LogP contribution in [0.25, 0.3) is 0 Å². The minimum atomic E-state index is 0.171. The Kier molecular flexibility index (Phi) is 4.95. The van der Waals surface area contributed by atoms with Crippen LogP contribution in [0.4, 0.5) is 0 Å². The summed E-state index contributed by atoms with van der Waals surface area (Å²) in [5, 5.41) is 3.36. The fourth-order valence-corrected chi connectivity index (χ4v) is 2.00. The SMILES string of the molecule is CCNC(CN)c1cccc(Oc2ccccc2)c1. The molecule has 0 fully saturated rings. The number of rotatable bonds is 6. The Labute approximate surface area is 114 Å². The summed E-state index contributed by atoms with van der Waals surface area (Å²) in [6, 6.07) is 18.0. The number of para-hydroxylation sites is 1. The molecule has 19 heavy (non-hydrogen) atoms. The van der Waals surface area contributed by atoms with Crippen molar-refractivity contribution >= 4 is 0 Å². The quantitative estimate of drug-likeness (QED) is 0.835. The van der Waals surface area contributed by atoms with Gasteiger partial charge in [0.25, 0.3) is 0 Å². The molecule has 0 saturated heterocycles. The van der Waals surface area contributed by atoms with Crippen molar-refractivity contribution in [1.82, 2.24) is 5.32 Å². The van der Waals surface area contributed by atoms with Crippen LogP contribution in [-0.4, -0.2) is 13.1 Å². The first kappa shape index (κ1) is 13.6. The topological polar surface area (TPSA) is 47.3 Å². The van der Waals surface area contributed by atoms with Gasteiger partial charge in [0.15, 0.2) is 0 Å². The predicted molar refractivity (Wildman–Crippen MR) is 78.4 cm³/mol. The molecule has 0 amide bonds. The van der Waals surface area contributed by atoms with Gasteiger partial charge in [0.1, 0.15) is 11.5 Å². The van der Waals surface area contributed by atoms with Crippen molar-refractivity contribution in [2.75, 3.05) is 13.1 Å². The molecule has 1 unspecified atom stereocenters. The van der Waals surface area contributed by atoms with Crippen LogP contribution in [0.15, 0.2) is 54.6 Å². The van der Waals surface area contributed by atoms with Gasteiger partial charge in [-0.2, -0.15) is 0 Å². The summed E-state index contributed by atoms with van der Waals surface area (Å²) in [5.41, 5.74) is 6.94. The molecule has 0 saturated carbocycles. The summed E-state index contributed by atoms with van der Waals surface area (Å²) in [7, 11) is 0. The molecule has 0 aliphatic carbocycles. The highest BCUT2D eigenvalue weighted by Gasteiger charge is 2.08. The molecule has 0 bridgehead atoms. The van der Waals surface area contributed by atoms with Gasteiger partial charge in [-0.3, -0.25) is 0 Å². The van der Waals surface area contributed by atoms with Crippen molar-refractivity contribution in [2.45, 2.75) is 13.0 Å².